The number of nitrogens with zero attached hydrogens (tertiary/aromatic N) is 1. The van der Waals surface area contributed by atoms with Crippen molar-refractivity contribution in [3.8, 4) is 0 Å². The highest BCUT2D eigenvalue weighted by Crippen LogP contribution is 2.38. The number of likely N-dealkylation sites (tertiary alicyclic amines) is 1. The molecule has 29 heavy (non-hydrogen) atoms. The molecule has 1 N–H and O–H groups in total. The summed E-state index contributed by atoms with van der Waals surface area (Å²) in [6.45, 7) is 8.04. The summed E-state index contributed by atoms with van der Waals surface area (Å²) in [4.78, 5) is 15.8. The third-order valence-electron chi connectivity index (χ3n) is 6.07. The lowest BCUT2D eigenvalue weighted by Crippen LogP contribution is -2.53. The third kappa shape index (κ3) is 5.31. The predicted octanol–water partition coefficient (Wildman–Crippen LogP) is 3.99. The first-order valence-electron chi connectivity index (χ1n) is 10.5. The Labute approximate surface area is 170 Å². The van der Waals surface area contributed by atoms with Gasteiger partial charge in [0.2, 0.25) is 5.91 Å². The summed E-state index contributed by atoms with van der Waals surface area (Å²) < 4.78 is 45.1. The Morgan fingerprint density at radius 2 is 1.90 bits per heavy atom. The normalized spacial score (nSPS) is 21.3. The standard InChI is InChI=1S/C22H31F3N2O2/c1-16(2)15-27-10-6-19(7-11-27)26-20(28)21(8-12-29-13-9-21)17-4-3-5-18(14-17)22(23,24)25/h3-5,14,16,19H,6-13,15H2,1-2H3,(H,26,28). The van der Waals surface area contributed by atoms with Gasteiger partial charge in [0, 0.05) is 38.9 Å². The maximum Gasteiger partial charge on any atom is 0.416 e. The maximum atomic E-state index is 13.3. The van der Waals surface area contributed by atoms with Gasteiger partial charge in [0.15, 0.2) is 0 Å². The zero-order valence-corrected chi connectivity index (χ0v) is 17.2. The fraction of sp³-hybridized carbons (Fsp3) is 0.682. The number of alkyl halides is 3. The van der Waals surface area contributed by atoms with Crippen LogP contribution in [0.2, 0.25) is 0 Å². The molecule has 2 aliphatic rings. The smallest absolute Gasteiger partial charge is 0.381 e. The topological polar surface area (TPSA) is 41.6 Å². The number of carbonyl (C=O) groups is 1. The maximum absolute atomic E-state index is 13.3. The van der Waals surface area contributed by atoms with Crippen LogP contribution in [-0.4, -0.2) is 49.7 Å². The van der Waals surface area contributed by atoms with E-state index in [1.165, 1.54) is 6.07 Å². The summed E-state index contributed by atoms with van der Waals surface area (Å²) in [6, 6.07) is 5.30. The molecular formula is C22H31F3N2O2. The van der Waals surface area contributed by atoms with Crippen LogP contribution in [0.15, 0.2) is 24.3 Å². The van der Waals surface area contributed by atoms with Gasteiger partial charge in [0.05, 0.1) is 11.0 Å². The summed E-state index contributed by atoms with van der Waals surface area (Å²) in [5.41, 5.74) is -1.24. The van der Waals surface area contributed by atoms with Crippen molar-refractivity contribution < 1.29 is 22.7 Å². The highest BCUT2D eigenvalue weighted by molar-refractivity contribution is 5.88. The summed E-state index contributed by atoms with van der Waals surface area (Å²) in [6.07, 6.45) is -1.90. The molecule has 3 rings (SSSR count). The monoisotopic (exact) mass is 412 g/mol. The molecule has 0 aromatic heterocycles. The summed E-state index contributed by atoms with van der Waals surface area (Å²) >= 11 is 0. The number of benzene rings is 1. The van der Waals surface area contributed by atoms with Crippen molar-refractivity contribution in [3.05, 3.63) is 35.4 Å². The second-order valence-corrected chi connectivity index (χ2v) is 8.72. The molecule has 1 aromatic carbocycles. The van der Waals surface area contributed by atoms with Gasteiger partial charge in [-0.1, -0.05) is 32.0 Å². The molecule has 162 valence electrons. The van der Waals surface area contributed by atoms with Crippen LogP contribution in [0.1, 0.15) is 50.7 Å². The number of piperidine rings is 1. The third-order valence-corrected chi connectivity index (χ3v) is 6.07. The highest BCUT2D eigenvalue weighted by atomic mass is 19.4. The lowest BCUT2D eigenvalue weighted by Gasteiger charge is -2.39. The molecule has 2 saturated heterocycles. The van der Waals surface area contributed by atoms with Crippen LogP contribution in [0.25, 0.3) is 0 Å². The zero-order chi connectivity index (χ0) is 21.1. The summed E-state index contributed by atoms with van der Waals surface area (Å²) in [7, 11) is 0. The first kappa shape index (κ1) is 22.1. The van der Waals surface area contributed by atoms with Gasteiger partial charge < -0.3 is 15.0 Å². The molecule has 0 spiro atoms. The molecule has 1 amide bonds. The van der Waals surface area contributed by atoms with E-state index in [2.05, 4.69) is 24.1 Å². The Balaban J connectivity index is 1.75. The number of rotatable bonds is 5. The Bertz CT molecular complexity index is 692. The van der Waals surface area contributed by atoms with Gasteiger partial charge in [-0.05, 0) is 43.2 Å². The van der Waals surface area contributed by atoms with Crippen molar-refractivity contribution in [2.45, 2.75) is 57.2 Å². The van der Waals surface area contributed by atoms with E-state index in [0.717, 1.165) is 44.6 Å². The quantitative estimate of drug-likeness (QED) is 0.795. The van der Waals surface area contributed by atoms with E-state index < -0.39 is 17.2 Å². The van der Waals surface area contributed by atoms with Crippen molar-refractivity contribution in [1.82, 2.24) is 10.2 Å². The fourth-order valence-corrected chi connectivity index (χ4v) is 4.46. The van der Waals surface area contributed by atoms with Gasteiger partial charge in [-0.2, -0.15) is 13.2 Å². The number of carbonyl (C=O) groups excluding carboxylic acids is 1. The van der Waals surface area contributed by atoms with Gasteiger partial charge >= 0.3 is 6.18 Å². The molecule has 0 radical (unpaired) electrons. The van der Waals surface area contributed by atoms with Gasteiger partial charge in [-0.3, -0.25) is 4.79 Å². The van der Waals surface area contributed by atoms with E-state index >= 15 is 0 Å². The summed E-state index contributed by atoms with van der Waals surface area (Å²) in [5.74, 6) is 0.440. The average Bonchev–Trinajstić information content (AvgIpc) is 2.69. The molecule has 0 atom stereocenters. The molecule has 0 aliphatic carbocycles. The first-order chi connectivity index (χ1) is 13.7. The molecule has 0 bridgehead atoms. The van der Waals surface area contributed by atoms with Gasteiger partial charge in [-0.25, -0.2) is 0 Å². The highest BCUT2D eigenvalue weighted by Gasteiger charge is 2.43. The fourth-order valence-electron chi connectivity index (χ4n) is 4.46. The van der Waals surface area contributed by atoms with Crippen molar-refractivity contribution in [3.63, 3.8) is 0 Å². The van der Waals surface area contributed by atoms with E-state index in [-0.39, 0.29) is 11.9 Å². The first-order valence-corrected chi connectivity index (χ1v) is 10.5. The van der Waals surface area contributed by atoms with Crippen LogP contribution in [0, 0.1) is 5.92 Å². The van der Waals surface area contributed by atoms with Gasteiger partial charge in [-0.15, -0.1) is 0 Å². The Morgan fingerprint density at radius 3 is 2.48 bits per heavy atom. The predicted molar refractivity (Wildman–Crippen MR) is 106 cm³/mol. The molecule has 2 fully saturated rings. The Hall–Kier alpha value is -1.60. The SMILES string of the molecule is CC(C)CN1CCC(NC(=O)C2(c3cccc(C(F)(F)F)c3)CCOCC2)CC1. The second kappa shape index (κ2) is 9.04. The molecule has 1 aromatic rings. The van der Waals surface area contributed by atoms with Crippen molar-refractivity contribution in [1.29, 1.82) is 0 Å². The Morgan fingerprint density at radius 1 is 1.24 bits per heavy atom. The lowest BCUT2D eigenvalue weighted by molar-refractivity contribution is -0.138. The number of ether oxygens (including phenoxy) is 1. The van der Waals surface area contributed by atoms with Crippen LogP contribution in [0.5, 0.6) is 0 Å². The molecule has 7 heteroatoms. The molecule has 0 unspecified atom stereocenters. The average molecular weight is 412 g/mol. The number of halogens is 3. The van der Waals surface area contributed by atoms with Crippen LogP contribution >= 0.6 is 0 Å². The van der Waals surface area contributed by atoms with E-state index in [4.69, 9.17) is 4.74 Å². The molecular weight excluding hydrogens is 381 g/mol. The lowest BCUT2D eigenvalue weighted by atomic mass is 9.72. The van der Waals surface area contributed by atoms with Crippen LogP contribution < -0.4 is 5.32 Å². The van der Waals surface area contributed by atoms with E-state index in [0.29, 0.717) is 37.5 Å². The second-order valence-electron chi connectivity index (χ2n) is 8.72. The summed E-state index contributed by atoms with van der Waals surface area (Å²) in [5, 5.41) is 3.16. The largest absolute Gasteiger partial charge is 0.416 e. The van der Waals surface area contributed by atoms with E-state index in [9.17, 15) is 18.0 Å². The Kier molecular flexibility index (Phi) is 6.89. The van der Waals surface area contributed by atoms with Gasteiger partial charge in [0.25, 0.3) is 0 Å². The number of nitrogens with one attached hydrogen (secondary N) is 1. The van der Waals surface area contributed by atoms with E-state index in [1.807, 2.05) is 0 Å². The number of amides is 1. The van der Waals surface area contributed by atoms with Crippen LogP contribution in [-0.2, 0) is 21.1 Å². The van der Waals surface area contributed by atoms with Crippen molar-refractivity contribution in [2.24, 2.45) is 5.92 Å². The van der Waals surface area contributed by atoms with Crippen molar-refractivity contribution in [2.75, 3.05) is 32.8 Å². The van der Waals surface area contributed by atoms with Gasteiger partial charge in [0.1, 0.15) is 0 Å². The zero-order valence-electron chi connectivity index (χ0n) is 17.2. The molecule has 4 nitrogen and oxygen atoms in total. The minimum atomic E-state index is -4.43. The number of hydrogen-bond donors (Lipinski definition) is 1. The van der Waals surface area contributed by atoms with Crippen LogP contribution in [0.3, 0.4) is 0 Å². The van der Waals surface area contributed by atoms with Crippen LogP contribution in [0.4, 0.5) is 13.2 Å². The number of hydrogen-bond acceptors (Lipinski definition) is 3. The molecule has 2 aliphatic heterocycles. The minimum Gasteiger partial charge on any atom is -0.381 e. The minimum absolute atomic E-state index is 0.0661. The molecule has 0 saturated carbocycles. The van der Waals surface area contributed by atoms with Crippen molar-refractivity contribution >= 4 is 5.91 Å². The van der Waals surface area contributed by atoms with E-state index in [1.54, 1.807) is 6.07 Å². The molecule has 2 heterocycles.